The molecule has 0 aliphatic carbocycles. The van der Waals surface area contributed by atoms with Crippen molar-refractivity contribution in [2.45, 2.75) is 19.0 Å². The van der Waals surface area contributed by atoms with Crippen LogP contribution < -0.4 is 4.90 Å². The van der Waals surface area contributed by atoms with Crippen LogP contribution in [-0.4, -0.2) is 53.8 Å². The second kappa shape index (κ2) is 7.58. The molecule has 2 saturated heterocycles. The normalized spacial score (nSPS) is 21.8. The lowest BCUT2D eigenvalue weighted by Crippen LogP contribution is -2.52. The minimum atomic E-state index is -0.415. The highest BCUT2D eigenvalue weighted by Gasteiger charge is 2.43. The largest absolute Gasteiger partial charge is 0.297 e. The molecule has 1 atom stereocenters. The Morgan fingerprint density at radius 1 is 0.889 bits per heavy atom. The Labute approximate surface area is 158 Å². The van der Waals surface area contributed by atoms with Crippen molar-refractivity contribution in [2.75, 3.05) is 31.1 Å². The second-order valence-electron chi connectivity index (χ2n) is 7.06. The van der Waals surface area contributed by atoms with Gasteiger partial charge in [0.1, 0.15) is 5.82 Å². The summed E-state index contributed by atoms with van der Waals surface area (Å²) in [5, 5.41) is 0. The van der Waals surface area contributed by atoms with Crippen LogP contribution in [0, 0.1) is 5.82 Å². The van der Waals surface area contributed by atoms with Gasteiger partial charge in [0.15, 0.2) is 0 Å². The maximum Gasteiger partial charge on any atom is 0.251 e. The fourth-order valence-corrected chi connectivity index (χ4v) is 3.84. The summed E-state index contributed by atoms with van der Waals surface area (Å²) in [6.45, 7) is 4.14. The molecule has 5 nitrogen and oxygen atoms in total. The molecule has 0 bridgehead atoms. The van der Waals surface area contributed by atoms with Gasteiger partial charge < -0.3 is 0 Å². The van der Waals surface area contributed by atoms with Gasteiger partial charge in [0.2, 0.25) is 5.91 Å². The van der Waals surface area contributed by atoms with Crippen LogP contribution in [0.3, 0.4) is 0 Å². The first-order chi connectivity index (χ1) is 13.1. The van der Waals surface area contributed by atoms with Crippen molar-refractivity contribution in [2.24, 2.45) is 0 Å². The van der Waals surface area contributed by atoms with Gasteiger partial charge in [-0.05, 0) is 29.8 Å². The van der Waals surface area contributed by atoms with Crippen molar-refractivity contribution in [3.8, 4) is 0 Å². The van der Waals surface area contributed by atoms with Crippen LogP contribution in [0.15, 0.2) is 54.6 Å². The second-order valence-corrected chi connectivity index (χ2v) is 7.06. The van der Waals surface area contributed by atoms with E-state index in [2.05, 4.69) is 21.9 Å². The van der Waals surface area contributed by atoms with E-state index in [1.807, 2.05) is 18.2 Å². The minimum Gasteiger partial charge on any atom is -0.297 e. The number of rotatable bonds is 4. The summed E-state index contributed by atoms with van der Waals surface area (Å²) >= 11 is 0. The molecule has 4 rings (SSSR count). The third kappa shape index (κ3) is 3.77. The Hall–Kier alpha value is -2.57. The molecule has 140 valence electrons. The van der Waals surface area contributed by atoms with Gasteiger partial charge >= 0.3 is 0 Å². The molecule has 0 radical (unpaired) electrons. The van der Waals surface area contributed by atoms with E-state index in [0.717, 1.165) is 32.7 Å². The molecule has 27 heavy (non-hydrogen) atoms. The molecule has 0 spiro atoms. The molecule has 2 aromatic carbocycles. The van der Waals surface area contributed by atoms with Crippen molar-refractivity contribution in [3.05, 3.63) is 66.0 Å². The summed E-state index contributed by atoms with van der Waals surface area (Å²) in [4.78, 5) is 30.9. The van der Waals surface area contributed by atoms with Crippen LogP contribution in [0.25, 0.3) is 0 Å². The predicted molar refractivity (Wildman–Crippen MR) is 101 cm³/mol. The molecule has 0 saturated carbocycles. The van der Waals surface area contributed by atoms with Gasteiger partial charge in [0.05, 0.1) is 18.2 Å². The van der Waals surface area contributed by atoms with Crippen LogP contribution in [0.4, 0.5) is 10.1 Å². The minimum absolute atomic E-state index is 0.189. The average Bonchev–Trinajstić information content (AvgIpc) is 2.98. The Morgan fingerprint density at radius 2 is 1.56 bits per heavy atom. The van der Waals surface area contributed by atoms with E-state index >= 15 is 0 Å². The van der Waals surface area contributed by atoms with Gasteiger partial charge in [-0.15, -0.1) is 0 Å². The summed E-state index contributed by atoms with van der Waals surface area (Å²) in [5.41, 5.74) is 1.72. The van der Waals surface area contributed by atoms with Crippen LogP contribution in [-0.2, 0) is 16.1 Å². The van der Waals surface area contributed by atoms with Crippen LogP contribution in [0.1, 0.15) is 12.0 Å². The van der Waals surface area contributed by atoms with Gasteiger partial charge in [-0.3, -0.25) is 19.4 Å². The zero-order valence-electron chi connectivity index (χ0n) is 15.1. The van der Waals surface area contributed by atoms with Crippen molar-refractivity contribution in [3.63, 3.8) is 0 Å². The number of anilines is 1. The van der Waals surface area contributed by atoms with Crippen LogP contribution >= 0.6 is 0 Å². The number of hydrogen-bond donors (Lipinski definition) is 0. The number of carbonyl (C=O) groups excluding carboxylic acids is 2. The summed E-state index contributed by atoms with van der Waals surface area (Å²) in [5.74, 6) is -0.810. The molecule has 0 unspecified atom stereocenters. The molecule has 0 N–H and O–H groups in total. The lowest BCUT2D eigenvalue weighted by Gasteiger charge is -2.37. The van der Waals surface area contributed by atoms with E-state index < -0.39 is 6.04 Å². The number of nitrogens with zero attached hydrogens (tertiary/aromatic N) is 3. The lowest BCUT2D eigenvalue weighted by atomic mass is 10.1. The van der Waals surface area contributed by atoms with Gasteiger partial charge in [-0.25, -0.2) is 9.29 Å². The number of carbonyl (C=O) groups is 2. The summed E-state index contributed by atoms with van der Waals surface area (Å²) in [6.07, 6.45) is 0.189. The molecule has 2 fully saturated rings. The Bertz CT molecular complexity index is 817. The quantitative estimate of drug-likeness (QED) is 0.778. The molecule has 0 aromatic heterocycles. The Balaban J connectivity index is 1.38. The first kappa shape index (κ1) is 17.8. The fourth-order valence-electron chi connectivity index (χ4n) is 3.84. The van der Waals surface area contributed by atoms with Crippen LogP contribution in [0.5, 0.6) is 0 Å². The van der Waals surface area contributed by atoms with E-state index in [4.69, 9.17) is 0 Å². The topological polar surface area (TPSA) is 43.9 Å². The first-order valence-corrected chi connectivity index (χ1v) is 9.24. The van der Waals surface area contributed by atoms with Gasteiger partial charge in [-0.2, -0.15) is 0 Å². The monoisotopic (exact) mass is 367 g/mol. The number of benzene rings is 2. The number of halogens is 1. The third-order valence-corrected chi connectivity index (χ3v) is 5.30. The standard InChI is InChI=1S/C21H22FN3O2/c22-17-6-8-18(9-7-17)25-20(26)14-19(21(25)27)24-12-10-23(11-13-24)15-16-4-2-1-3-5-16/h1-9,19H,10-15H2/t19-/m1/s1. The SMILES string of the molecule is O=C1C[C@@H](N2CCN(Cc3ccccc3)CC2)C(=O)N1c1ccc(F)cc1. The molecular weight excluding hydrogens is 345 g/mol. The molecular formula is C21H22FN3O2. The van der Waals surface area contributed by atoms with E-state index in [1.54, 1.807) is 0 Å². The van der Waals surface area contributed by atoms with Crippen molar-refractivity contribution >= 4 is 17.5 Å². The highest BCUT2D eigenvalue weighted by molar-refractivity contribution is 6.22. The molecule has 2 aromatic rings. The lowest BCUT2D eigenvalue weighted by molar-refractivity contribution is -0.123. The van der Waals surface area contributed by atoms with E-state index in [-0.39, 0.29) is 24.1 Å². The Morgan fingerprint density at radius 3 is 2.22 bits per heavy atom. The maximum absolute atomic E-state index is 13.1. The smallest absolute Gasteiger partial charge is 0.251 e. The zero-order valence-corrected chi connectivity index (χ0v) is 15.1. The summed E-state index contributed by atoms with van der Waals surface area (Å²) in [7, 11) is 0. The van der Waals surface area contributed by atoms with E-state index in [1.165, 1.54) is 34.7 Å². The van der Waals surface area contributed by atoms with Gasteiger partial charge in [0, 0.05) is 32.7 Å². The van der Waals surface area contributed by atoms with Crippen molar-refractivity contribution in [1.82, 2.24) is 9.80 Å². The molecule has 2 amide bonds. The first-order valence-electron chi connectivity index (χ1n) is 9.24. The van der Waals surface area contributed by atoms with Crippen molar-refractivity contribution < 1.29 is 14.0 Å². The zero-order chi connectivity index (χ0) is 18.8. The third-order valence-electron chi connectivity index (χ3n) is 5.30. The van der Waals surface area contributed by atoms with E-state index in [0.29, 0.717) is 5.69 Å². The maximum atomic E-state index is 13.1. The fraction of sp³-hybridized carbons (Fsp3) is 0.333. The summed E-state index contributed by atoms with van der Waals surface area (Å²) < 4.78 is 13.1. The van der Waals surface area contributed by atoms with Gasteiger partial charge in [-0.1, -0.05) is 30.3 Å². The molecule has 2 aliphatic heterocycles. The number of amides is 2. The Kier molecular flexibility index (Phi) is 5.01. The number of piperazine rings is 1. The predicted octanol–water partition coefficient (Wildman–Crippen LogP) is 2.28. The van der Waals surface area contributed by atoms with Crippen molar-refractivity contribution in [1.29, 1.82) is 0 Å². The molecule has 2 aliphatic rings. The number of imide groups is 1. The summed E-state index contributed by atoms with van der Waals surface area (Å²) in [6, 6.07) is 15.4. The van der Waals surface area contributed by atoms with Crippen LogP contribution in [0.2, 0.25) is 0 Å². The highest BCUT2D eigenvalue weighted by Crippen LogP contribution is 2.26. The average molecular weight is 367 g/mol. The molecule has 6 heteroatoms. The molecule has 2 heterocycles. The highest BCUT2D eigenvalue weighted by atomic mass is 19.1. The van der Waals surface area contributed by atoms with E-state index in [9.17, 15) is 14.0 Å². The van der Waals surface area contributed by atoms with Gasteiger partial charge in [0.25, 0.3) is 5.91 Å². The number of hydrogen-bond acceptors (Lipinski definition) is 4.